The molecule has 0 aliphatic heterocycles. The van der Waals surface area contributed by atoms with Gasteiger partial charge < -0.3 is 0 Å². The lowest BCUT2D eigenvalue weighted by atomic mass is 9.91. The summed E-state index contributed by atoms with van der Waals surface area (Å²) in [6, 6.07) is 41.3. The number of hydrogen-bond acceptors (Lipinski definition) is 3. The quantitative estimate of drug-likeness (QED) is 0.166. The molecular weight excluding hydrogens is 529 g/mol. The molecule has 0 fully saturated rings. The summed E-state index contributed by atoms with van der Waals surface area (Å²) in [5.41, 5.74) is 0. The van der Waals surface area contributed by atoms with Gasteiger partial charge in [0.15, 0.2) is 0 Å². The summed E-state index contributed by atoms with van der Waals surface area (Å²) in [5, 5.41) is 16.3. The van der Waals surface area contributed by atoms with Gasteiger partial charge in [0.05, 0.1) is 0 Å². The number of benzene rings is 7. The second kappa shape index (κ2) is 7.34. The Morgan fingerprint density at radius 2 is 0.513 bits per heavy atom. The number of rotatable bonds is 0. The predicted molar refractivity (Wildman–Crippen MR) is 178 cm³/mol. The third-order valence-electron chi connectivity index (χ3n) is 8.42. The molecule has 0 saturated carbocycles. The van der Waals surface area contributed by atoms with Gasteiger partial charge in [-0.15, -0.1) is 34.0 Å². The summed E-state index contributed by atoms with van der Waals surface area (Å²) in [6.07, 6.45) is 0. The Bertz CT molecular complexity index is 2340. The van der Waals surface area contributed by atoms with Gasteiger partial charge in [-0.1, -0.05) is 54.6 Å². The predicted octanol–water partition coefficient (Wildman–Crippen LogP) is 12.2. The first kappa shape index (κ1) is 20.9. The number of thiophene rings is 3. The zero-order valence-corrected chi connectivity index (χ0v) is 23.1. The second-order valence-corrected chi connectivity index (χ2v) is 13.7. The first-order chi connectivity index (χ1) is 19.3. The van der Waals surface area contributed by atoms with Crippen molar-refractivity contribution in [3.63, 3.8) is 0 Å². The highest BCUT2D eigenvalue weighted by molar-refractivity contribution is 7.26. The van der Waals surface area contributed by atoms with Crippen LogP contribution in [0.4, 0.5) is 0 Å². The minimum atomic E-state index is 1.35. The molecule has 0 N–H and O–H groups in total. The molecule has 10 aromatic rings. The van der Waals surface area contributed by atoms with Gasteiger partial charge in [0, 0.05) is 60.5 Å². The SMILES string of the molecule is c1ccc2c(c1)sc1cc3c4cc5c(cc4c4cc6c(cc4c3cc12)sc1ccccc16)sc1ccccc15. The highest BCUT2D eigenvalue weighted by atomic mass is 32.1. The van der Waals surface area contributed by atoms with Gasteiger partial charge >= 0.3 is 0 Å². The average Bonchev–Trinajstić information content (AvgIpc) is 3.65. The Hall–Kier alpha value is -4.02. The minimum Gasteiger partial charge on any atom is -0.135 e. The smallest absolute Gasteiger partial charge is 0.0362 e. The topological polar surface area (TPSA) is 0 Å². The molecule has 0 aliphatic rings. The normalized spacial score (nSPS) is 12.6. The van der Waals surface area contributed by atoms with Crippen LogP contribution in [-0.4, -0.2) is 0 Å². The summed E-state index contributed by atoms with van der Waals surface area (Å²) in [4.78, 5) is 0. The molecule has 0 nitrogen and oxygen atoms in total. The van der Waals surface area contributed by atoms with Crippen LogP contribution in [0.5, 0.6) is 0 Å². The maximum atomic E-state index is 2.47. The van der Waals surface area contributed by atoms with Crippen molar-refractivity contribution in [2.45, 2.75) is 0 Å². The van der Waals surface area contributed by atoms with Crippen molar-refractivity contribution in [3.05, 3.63) is 109 Å². The largest absolute Gasteiger partial charge is 0.135 e. The van der Waals surface area contributed by atoms with Crippen molar-refractivity contribution in [1.82, 2.24) is 0 Å². The van der Waals surface area contributed by atoms with E-state index < -0.39 is 0 Å². The molecule has 0 bridgehead atoms. The van der Waals surface area contributed by atoms with E-state index >= 15 is 0 Å². The van der Waals surface area contributed by atoms with Gasteiger partial charge in [0.2, 0.25) is 0 Å². The van der Waals surface area contributed by atoms with E-state index in [1.54, 1.807) is 0 Å². The summed E-state index contributed by atoms with van der Waals surface area (Å²) in [7, 11) is 0. The lowest BCUT2D eigenvalue weighted by molar-refractivity contribution is 1.86. The van der Waals surface area contributed by atoms with Gasteiger partial charge in [-0.3, -0.25) is 0 Å². The average molecular weight is 547 g/mol. The van der Waals surface area contributed by atoms with E-state index in [2.05, 4.69) is 109 Å². The summed E-state index contributed by atoms with van der Waals surface area (Å²) in [5.74, 6) is 0. The standard InChI is InChI=1S/C36H18S3/c1-4-10-31-19(7-1)28-13-22-25(16-34(28)37-31)23-14-29-20-8-2-6-12-33(20)39-36(29)18-27(23)24-15-30-21-9-3-5-11-32(21)38-35(30)17-26(22)24/h1-18H. The molecule has 39 heavy (non-hydrogen) atoms. The van der Waals surface area contributed by atoms with Gasteiger partial charge in [0.25, 0.3) is 0 Å². The number of fused-ring (bicyclic) bond motifs is 15. The Kier molecular flexibility index (Phi) is 3.93. The van der Waals surface area contributed by atoms with E-state index in [4.69, 9.17) is 0 Å². The highest BCUT2D eigenvalue weighted by Crippen LogP contribution is 2.47. The van der Waals surface area contributed by atoms with Crippen LogP contribution in [0, 0.1) is 0 Å². The molecular formula is C36H18S3. The van der Waals surface area contributed by atoms with E-state index in [0.717, 1.165) is 0 Å². The van der Waals surface area contributed by atoms with Crippen LogP contribution in [0.1, 0.15) is 0 Å². The first-order valence-corrected chi connectivity index (χ1v) is 15.6. The Morgan fingerprint density at radius 1 is 0.231 bits per heavy atom. The summed E-state index contributed by atoms with van der Waals surface area (Å²) >= 11 is 5.72. The van der Waals surface area contributed by atoms with Crippen LogP contribution >= 0.6 is 34.0 Å². The fraction of sp³-hybridized carbons (Fsp3) is 0. The molecule has 0 saturated heterocycles. The zero-order chi connectivity index (χ0) is 25.2. The van der Waals surface area contributed by atoms with E-state index in [0.29, 0.717) is 0 Å². The molecule has 3 heterocycles. The van der Waals surface area contributed by atoms with Crippen LogP contribution in [-0.2, 0) is 0 Å². The van der Waals surface area contributed by atoms with Gasteiger partial charge in [-0.2, -0.15) is 0 Å². The Labute approximate surface area is 234 Å². The molecule has 3 heteroatoms. The third kappa shape index (κ3) is 2.72. The summed E-state index contributed by atoms with van der Waals surface area (Å²) < 4.78 is 8.16. The molecule has 0 amide bonds. The van der Waals surface area contributed by atoms with E-state index in [1.165, 1.54) is 92.8 Å². The zero-order valence-electron chi connectivity index (χ0n) is 20.6. The highest BCUT2D eigenvalue weighted by Gasteiger charge is 2.17. The van der Waals surface area contributed by atoms with Crippen molar-refractivity contribution < 1.29 is 0 Å². The number of hydrogen-bond donors (Lipinski definition) is 0. The van der Waals surface area contributed by atoms with Crippen LogP contribution in [0.15, 0.2) is 109 Å². The molecule has 10 rings (SSSR count). The van der Waals surface area contributed by atoms with Gasteiger partial charge in [0.1, 0.15) is 0 Å². The van der Waals surface area contributed by atoms with Crippen LogP contribution in [0.25, 0.3) is 92.8 Å². The molecule has 0 radical (unpaired) electrons. The molecule has 7 aromatic carbocycles. The molecule has 0 aliphatic carbocycles. The monoisotopic (exact) mass is 546 g/mol. The molecule has 0 spiro atoms. The molecule has 180 valence electrons. The molecule has 0 unspecified atom stereocenters. The second-order valence-electron chi connectivity index (χ2n) is 10.5. The third-order valence-corrected chi connectivity index (χ3v) is 11.8. The van der Waals surface area contributed by atoms with Crippen LogP contribution in [0.2, 0.25) is 0 Å². The Morgan fingerprint density at radius 3 is 0.846 bits per heavy atom. The van der Waals surface area contributed by atoms with Gasteiger partial charge in [-0.25, -0.2) is 0 Å². The van der Waals surface area contributed by atoms with Crippen molar-refractivity contribution in [2.24, 2.45) is 0 Å². The lowest BCUT2D eigenvalue weighted by Crippen LogP contribution is -1.84. The van der Waals surface area contributed by atoms with E-state index in [1.807, 2.05) is 34.0 Å². The van der Waals surface area contributed by atoms with Crippen molar-refractivity contribution >= 4 is 127 Å². The first-order valence-electron chi connectivity index (χ1n) is 13.2. The van der Waals surface area contributed by atoms with Crippen LogP contribution < -0.4 is 0 Å². The van der Waals surface area contributed by atoms with Crippen molar-refractivity contribution in [2.75, 3.05) is 0 Å². The van der Waals surface area contributed by atoms with Crippen molar-refractivity contribution in [1.29, 1.82) is 0 Å². The summed E-state index contributed by atoms with van der Waals surface area (Å²) in [6.45, 7) is 0. The van der Waals surface area contributed by atoms with Crippen LogP contribution in [0.3, 0.4) is 0 Å². The lowest BCUT2D eigenvalue weighted by Gasteiger charge is -2.12. The Balaban J connectivity index is 1.49. The molecule has 3 aromatic heterocycles. The van der Waals surface area contributed by atoms with E-state index in [9.17, 15) is 0 Å². The van der Waals surface area contributed by atoms with E-state index in [-0.39, 0.29) is 0 Å². The minimum absolute atomic E-state index is 1.35. The maximum Gasteiger partial charge on any atom is 0.0362 e. The fourth-order valence-electron chi connectivity index (χ4n) is 6.65. The fourth-order valence-corrected chi connectivity index (χ4v) is 10.0. The van der Waals surface area contributed by atoms with Gasteiger partial charge in [-0.05, 0) is 86.9 Å². The maximum absolute atomic E-state index is 2.47. The molecule has 0 atom stereocenters. The van der Waals surface area contributed by atoms with Crippen molar-refractivity contribution in [3.8, 4) is 0 Å².